The van der Waals surface area contributed by atoms with Crippen molar-refractivity contribution in [3.8, 4) is 11.4 Å². The highest BCUT2D eigenvalue weighted by Gasteiger charge is 2.36. The summed E-state index contributed by atoms with van der Waals surface area (Å²) < 4.78 is 41.3. The van der Waals surface area contributed by atoms with Gasteiger partial charge in [-0.05, 0) is 25.0 Å². The lowest BCUT2D eigenvalue weighted by Crippen LogP contribution is -2.53. The number of halogens is 3. The van der Waals surface area contributed by atoms with Crippen molar-refractivity contribution < 1.29 is 23.1 Å². The first kappa shape index (κ1) is 21.2. The zero-order chi connectivity index (χ0) is 23.2. The molecule has 0 atom stereocenters. The Balaban J connectivity index is 1.50. The molecule has 1 aliphatic carbocycles. The molecule has 0 radical (unpaired) electrons. The Bertz CT molecular complexity index is 1220. The van der Waals surface area contributed by atoms with Gasteiger partial charge in [0, 0.05) is 54.4 Å². The molecular weight excluding hydrogens is 439 g/mol. The maximum atomic E-state index is 13.4. The van der Waals surface area contributed by atoms with Crippen LogP contribution < -0.4 is 0 Å². The molecule has 1 amide bonds. The van der Waals surface area contributed by atoms with E-state index < -0.39 is 18.0 Å². The van der Waals surface area contributed by atoms with E-state index in [0.29, 0.717) is 11.3 Å². The summed E-state index contributed by atoms with van der Waals surface area (Å²) in [5.41, 5.74) is 0.236. The van der Waals surface area contributed by atoms with Crippen LogP contribution in [0.2, 0.25) is 0 Å². The third kappa shape index (κ3) is 4.46. The van der Waals surface area contributed by atoms with Gasteiger partial charge in [0.25, 0.3) is 5.91 Å². The van der Waals surface area contributed by atoms with Crippen LogP contribution in [0, 0.1) is 0 Å². The van der Waals surface area contributed by atoms with E-state index in [1.165, 1.54) is 40.8 Å². The fourth-order valence-corrected chi connectivity index (χ4v) is 3.50. The Kier molecular flexibility index (Phi) is 5.16. The molecule has 1 N–H and O–H groups in total. The molecule has 2 aliphatic rings. The molecule has 33 heavy (non-hydrogen) atoms. The van der Waals surface area contributed by atoms with E-state index >= 15 is 0 Å². The predicted molar refractivity (Wildman–Crippen MR) is 109 cm³/mol. The number of β-amino-alcohol motifs (C(OH)–C–C–N with tert-alkyl or cyclic N) is 1. The molecule has 3 aromatic heterocycles. The predicted octanol–water partition coefficient (Wildman–Crippen LogP) is 2.23. The van der Waals surface area contributed by atoms with E-state index in [0.717, 1.165) is 18.9 Å². The number of alkyl halides is 3. The summed E-state index contributed by atoms with van der Waals surface area (Å²) in [6.45, 7) is 0.404. The third-order valence-electron chi connectivity index (χ3n) is 5.41. The van der Waals surface area contributed by atoms with Gasteiger partial charge in [0.15, 0.2) is 5.82 Å². The standard InChI is InChI=1S/C21H18F3N7O2/c22-21(23,24)18-4-13(3-17(28-18)12-1-2-12)19-27-11-31(29-19)9-16(14-5-25-10-26-6-14)20(33)30-7-15(32)8-30/h3-6,9-12,15,32H,1-2,7-8H2/b16-9+. The number of aliphatic hydroxyl groups excluding tert-OH is 1. The zero-order valence-electron chi connectivity index (χ0n) is 17.1. The largest absolute Gasteiger partial charge is 0.433 e. The molecule has 0 spiro atoms. The van der Waals surface area contributed by atoms with Crippen molar-refractivity contribution in [2.45, 2.75) is 31.0 Å². The van der Waals surface area contributed by atoms with Gasteiger partial charge in [-0.15, -0.1) is 5.10 Å². The van der Waals surface area contributed by atoms with Crippen molar-refractivity contribution in [1.29, 1.82) is 0 Å². The molecule has 1 saturated heterocycles. The molecule has 2 fully saturated rings. The zero-order valence-corrected chi connectivity index (χ0v) is 17.1. The summed E-state index contributed by atoms with van der Waals surface area (Å²) in [5.74, 6) is -0.259. The van der Waals surface area contributed by atoms with Gasteiger partial charge in [0.1, 0.15) is 18.3 Å². The first-order valence-corrected chi connectivity index (χ1v) is 10.2. The number of carbonyl (C=O) groups is 1. The lowest BCUT2D eigenvalue weighted by Gasteiger charge is -2.36. The molecule has 9 nitrogen and oxygen atoms in total. The molecule has 170 valence electrons. The second kappa shape index (κ2) is 8.03. The van der Waals surface area contributed by atoms with Crippen LogP contribution in [0.3, 0.4) is 0 Å². The summed E-state index contributed by atoms with van der Waals surface area (Å²) in [5, 5.41) is 13.8. The number of rotatable bonds is 5. The summed E-state index contributed by atoms with van der Waals surface area (Å²) in [6, 6.07) is 2.50. The minimum Gasteiger partial charge on any atom is -0.389 e. The van der Waals surface area contributed by atoms with E-state index in [2.05, 4.69) is 25.0 Å². The van der Waals surface area contributed by atoms with Crippen LogP contribution in [0.25, 0.3) is 23.2 Å². The van der Waals surface area contributed by atoms with Gasteiger partial charge >= 0.3 is 6.18 Å². The molecule has 0 aromatic carbocycles. The number of likely N-dealkylation sites (tertiary alicyclic amines) is 1. The van der Waals surface area contributed by atoms with Crippen LogP contribution in [0.1, 0.15) is 35.7 Å². The molecule has 1 aliphatic heterocycles. The van der Waals surface area contributed by atoms with Gasteiger partial charge in [-0.1, -0.05) is 0 Å². The van der Waals surface area contributed by atoms with Gasteiger partial charge in [-0.25, -0.2) is 24.6 Å². The Morgan fingerprint density at radius 1 is 1.15 bits per heavy atom. The number of pyridine rings is 1. The van der Waals surface area contributed by atoms with Crippen molar-refractivity contribution in [2.75, 3.05) is 13.1 Å². The molecule has 0 bridgehead atoms. The van der Waals surface area contributed by atoms with Crippen molar-refractivity contribution in [1.82, 2.24) is 34.6 Å². The maximum Gasteiger partial charge on any atom is 0.433 e. The molecule has 4 heterocycles. The smallest absolute Gasteiger partial charge is 0.389 e. The number of hydrogen-bond donors (Lipinski definition) is 1. The average Bonchev–Trinajstić information content (AvgIpc) is 3.53. The third-order valence-corrected chi connectivity index (χ3v) is 5.41. The fourth-order valence-electron chi connectivity index (χ4n) is 3.50. The highest BCUT2D eigenvalue weighted by atomic mass is 19.4. The summed E-state index contributed by atoms with van der Waals surface area (Å²) in [4.78, 5) is 30.2. The van der Waals surface area contributed by atoms with E-state index in [1.54, 1.807) is 6.07 Å². The SMILES string of the molecule is O=C(/C(=C/n1cnc(-c2cc(C3CC3)nc(C(F)(F)F)c2)n1)c1cncnc1)N1CC(O)C1. The average molecular weight is 457 g/mol. The molecule has 0 unspecified atom stereocenters. The monoisotopic (exact) mass is 457 g/mol. The molecular formula is C21H18F3N7O2. The van der Waals surface area contributed by atoms with Crippen LogP contribution in [0.5, 0.6) is 0 Å². The van der Waals surface area contributed by atoms with Crippen molar-refractivity contribution in [2.24, 2.45) is 0 Å². The van der Waals surface area contributed by atoms with Crippen LogP contribution in [0.15, 0.2) is 37.2 Å². The summed E-state index contributed by atoms with van der Waals surface area (Å²) >= 11 is 0. The Labute approximate surface area is 185 Å². The Hall–Kier alpha value is -3.67. The van der Waals surface area contributed by atoms with E-state index in [4.69, 9.17) is 0 Å². The summed E-state index contributed by atoms with van der Waals surface area (Å²) in [6.07, 6.45) is 3.41. The number of aliphatic hydroxyl groups is 1. The normalized spacial score (nSPS) is 17.2. The number of amides is 1. The quantitative estimate of drug-likeness (QED) is 0.585. The van der Waals surface area contributed by atoms with Crippen molar-refractivity contribution >= 4 is 17.7 Å². The van der Waals surface area contributed by atoms with Crippen molar-refractivity contribution in [3.63, 3.8) is 0 Å². The number of carbonyl (C=O) groups excluding carboxylic acids is 1. The van der Waals surface area contributed by atoms with Crippen LogP contribution >= 0.6 is 0 Å². The van der Waals surface area contributed by atoms with Gasteiger partial charge < -0.3 is 10.0 Å². The maximum absolute atomic E-state index is 13.4. The van der Waals surface area contributed by atoms with Crippen LogP contribution in [-0.2, 0) is 11.0 Å². The fraction of sp³-hybridized carbons (Fsp3) is 0.333. The lowest BCUT2D eigenvalue weighted by atomic mass is 10.1. The number of hydrogen-bond acceptors (Lipinski definition) is 7. The first-order chi connectivity index (χ1) is 15.8. The van der Waals surface area contributed by atoms with Gasteiger partial charge in [0.05, 0.1) is 11.7 Å². The number of aromatic nitrogens is 6. The molecule has 1 saturated carbocycles. The lowest BCUT2D eigenvalue weighted by molar-refractivity contribution is -0.141. The minimum absolute atomic E-state index is 0.0159. The molecule has 5 rings (SSSR count). The second-order valence-corrected chi connectivity index (χ2v) is 8.02. The van der Waals surface area contributed by atoms with Gasteiger partial charge in [-0.2, -0.15) is 13.2 Å². The van der Waals surface area contributed by atoms with Crippen molar-refractivity contribution in [3.05, 3.63) is 54.1 Å². The van der Waals surface area contributed by atoms with E-state index in [-0.39, 0.29) is 41.9 Å². The second-order valence-electron chi connectivity index (χ2n) is 8.02. The number of nitrogens with zero attached hydrogens (tertiary/aromatic N) is 7. The van der Waals surface area contributed by atoms with Crippen LogP contribution in [0.4, 0.5) is 13.2 Å². The first-order valence-electron chi connectivity index (χ1n) is 10.2. The Morgan fingerprint density at radius 3 is 2.52 bits per heavy atom. The van der Waals surface area contributed by atoms with Crippen LogP contribution in [-0.4, -0.2) is 64.8 Å². The highest BCUT2D eigenvalue weighted by molar-refractivity contribution is 6.23. The minimum atomic E-state index is -4.59. The van der Waals surface area contributed by atoms with E-state index in [1.807, 2.05) is 0 Å². The Morgan fingerprint density at radius 2 is 1.88 bits per heavy atom. The van der Waals surface area contributed by atoms with Gasteiger partial charge in [-0.3, -0.25) is 4.79 Å². The highest BCUT2D eigenvalue weighted by Crippen LogP contribution is 2.41. The summed E-state index contributed by atoms with van der Waals surface area (Å²) in [7, 11) is 0. The van der Waals surface area contributed by atoms with Gasteiger partial charge in [0.2, 0.25) is 0 Å². The molecule has 12 heteroatoms. The molecule has 3 aromatic rings. The topological polar surface area (TPSA) is 110 Å². The van der Waals surface area contributed by atoms with E-state index in [9.17, 15) is 23.1 Å².